The molecule has 1 aromatic rings. The number of hydrogen-bond acceptors (Lipinski definition) is 3. The summed E-state index contributed by atoms with van der Waals surface area (Å²) >= 11 is 0. The Morgan fingerprint density at radius 3 is 2.65 bits per heavy atom. The molecule has 2 aliphatic carbocycles. The zero-order chi connectivity index (χ0) is 18.4. The molecule has 2 aliphatic rings. The molecule has 1 fully saturated rings. The second-order valence-corrected chi connectivity index (χ2v) is 8.96. The van der Waals surface area contributed by atoms with Crippen LogP contribution in [0.3, 0.4) is 0 Å². The van der Waals surface area contributed by atoms with Crippen molar-refractivity contribution in [2.24, 2.45) is 0 Å². The summed E-state index contributed by atoms with van der Waals surface area (Å²) in [6, 6.07) is 6.31. The number of benzene rings is 1. The van der Waals surface area contributed by atoms with E-state index in [0.717, 1.165) is 44.9 Å². The highest BCUT2D eigenvalue weighted by molar-refractivity contribution is 7.89. The highest BCUT2D eigenvalue weighted by atomic mass is 32.2. The van der Waals surface area contributed by atoms with E-state index < -0.39 is 10.0 Å². The predicted molar refractivity (Wildman–Crippen MR) is 103 cm³/mol. The van der Waals surface area contributed by atoms with Gasteiger partial charge in [-0.3, -0.25) is 4.79 Å². The zero-order valence-corrected chi connectivity index (χ0v) is 16.0. The van der Waals surface area contributed by atoms with Crippen LogP contribution in [0.15, 0.2) is 40.8 Å². The van der Waals surface area contributed by atoms with E-state index in [0.29, 0.717) is 12.1 Å². The Morgan fingerprint density at radius 2 is 1.92 bits per heavy atom. The summed E-state index contributed by atoms with van der Waals surface area (Å²) in [6.45, 7) is 0.585. The molecule has 0 unspecified atom stereocenters. The Bertz CT molecular complexity index is 765. The van der Waals surface area contributed by atoms with Gasteiger partial charge in [-0.05, 0) is 63.1 Å². The molecule has 3 rings (SSSR count). The van der Waals surface area contributed by atoms with Gasteiger partial charge in [0, 0.05) is 18.2 Å². The topological polar surface area (TPSA) is 75.3 Å². The maximum Gasteiger partial charge on any atom is 0.251 e. The molecular formula is C20H28N2O3S. The number of rotatable bonds is 7. The second-order valence-electron chi connectivity index (χ2n) is 7.24. The van der Waals surface area contributed by atoms with Crippen molar-refractivity contribution < 1.29 is 13.2 Å². The van der Waals surface area contributed by atoms with Gasteiger partial charge in [0.25, 0.3) is 5.91 Å². The molecule has 0 bridgehead atoms. The van der Waals surface area contributed by atoms with E-state index in [4.69, 9.17) is 0 Å². The average Bonchev–Trinajstić information content (AvgIpc) is 3.15. The van der Waals surface area contributed by atoms with Crippen molar-refractivity contribution in [1.29, 1.82) is 0 Å². The average molecular weight is 377 g/mol. The van der Waals surface area contributed by atoms with Crippen LogP contribution in [-0.4, -0.2) is 26.9 Å². The molecular weight excluding hydrogens is 348 g/mol. The molecule has 0 spiro atoms. The van der Waals surface area contributed by atoms with E-state index in [1.54, 1.807) is 18.2 Å². The Hall–Kier alpha value is -1.66. The number of amides is 1. The Morgan fingerprint density at radius 1 is 1.12 bits per heavy atom. The molecule has 142 valence electrons. The van der Waals surface area contributed by atoms with Gasteiger partial charge in [-0.25, -0.2) is 13.1 Å². The summed E-state index contributed by atoms with van der Waals surface area (Å²) in [7, 11) is -3.58. The first kappa shape index (κ1) is 19.1. The number of nitrogens with one attached hydrogen (secondary N) is 2. The number of carbonyl (C=O) groups excluding carboxylic acids is 1. The van der Waals surface area contributed by atoms with Crippen molar-refractivity contribution >= 4 is 15.9 Å². The summed E-state index contributed by atoms with van der Waals surface area (Å²) in [6.07, 6.45) is 11.8. The monoisotopic (exact) mass is 376 g/mol. The van der Waals surface area contributed by atoms with E-state index in [9.17, 15) is 13.2 Å². The molecule has 1 aromatic carbocycles. The fraction of sp³-hybridized carbons (Fsp3) is 0.550. The fourth-order valence-corrected chi connectivity index (χ4v) is 5.06. The van der Waals surface area contributed by atoms with Gasteiger partial charge in [0.05, 0.1) is 4.90 Å². The molecule has 6 heteroatoms. The van der Waals surface area contributed by atoms with Crippen LogP contribution in [0, 0.1) is 0 Å². The van der Waals surface area contributed by atoms with Crippen LogP contribution in [0.4, 0.5) is 0 Å². The van der Waals surface area contributed by atoms with Gasteiger partial charge < -0.3 is 5.32 Å². The van der Waals surface area contributed by atoms with Crippen molar-refractivity contribution in [3.05, 3.63) is 41.5 Å². The van der Waals surface area contributed by atoms with Crippen molar-refractivity contribution in [1.82, 2.24) is 10.0 Å². The Kier molecular flexibility index (Phi) is 6.48. The van der Waals surface area contributed by atoms with E-state index >= 15 is 0 Å². The predicted octanol–water partition coefficient (Wildman–Crippen LogP) is 3.53. The lowest BCUT2D eigenvalue weighted by Crippen LogP contribution is -2.33. The number of allylic oxidation sites excluding steroid dienone is 1. The van der Waals surface area contributed by atoms with Gasteiger partial charge in [-0.1, -0.05) is 30.6 Å². The van der Waals surface area contributed by atoms with E-state index in [1.165, 1.54) is 24.5 Å². The van der Waals surface area contributed by atoms with Crippen LogP contribution in [0.1, 0.15) is 68.1 Å². The van der Waals surface area contributed by atoms with Crippen molar-refractivity contribution in [3.8, 4) is 0 Å². The van der Waals surface area contributed by atoms with E-state index in [2.05, 4.69) is 16.1 Å². The van der Waals surface area contributed by atoms with Crippen molar-refractivity contribution in [2.45, 2.75) is 68.7 Å². The van der Waals surface area contributed by atoms with Crippen LogP contribution in [0.5, 0.6) is 0 Å². The number of sulfonamides is 1. The molecule has 0 aliphatic heterocycles. The molecule has 0 saturated heterocycles. The normalized spacial score (nSPS) is 18.5. The van der Waals surface area contributed by atoms with Crippen molar-refractivity contribution in [2.75, 3.05) is 6.54 Å². The maximum atomic E-state index is 12.5. The van der Waals surface area contributed by atoms with Crippen LogP contribution in [-0.2, 0) is 10.0 Å². The maximum absolute atomic E-state index is 12.5. The molecule has 0 heterocycles. The quantitative estimate of drug-likeness (QED) is 0.715. The van der Waals surface area contributed by atoms with Crippen LogP contribution < -0.4 is 10.0 Å². The fourth-order valence-electron chi connectivity index (χ4n) is 3.71. The summed E-state index contributed by atoms with van der Waals surface area (Å²) in [5.74, 6) is -0.223. The first-order valence-electron chi connectivity index (χ1n) is 9.63. The van der Waals surface area contributed by atoms with Gasteiger partial charge in [0.1, 0.15) is 0 Å². The molecule has 1 amide bonds. The van der Waals surface area contributed by atoms with Crippen LogP contribution >= 0.6 is 0 Å². The molecule has 0 atom stereocenters. The van der Waals surface area contributed by atoms with Crippen molar-refractivity contribution in [3.63, 3.8) is 0 Å². The third kappa shape index (κ3) is 5.17. The second kappa shape index (κ2) is 8.82. The van der Waals surface area contributed by atoms with Gasteiger partial charge in [-0.2, -0.15) is 0 Å². The molecule has 0 radical (unpaired) electrons. The highest BCUT2D eigenvalue weighted by Gasteiger charge is 2.23. The minimum Gasteiger partial charge on any atom is -0.352 e. The van der Waals surface area contributed by atoms with E-state index in [-0.39, 0.29) is 16.8 Å². The Balaban J connectivity index is 1.58. The number of hydrogen-bond donors (Lipinski definition) is 2. The first-order chi connectivity index (χ1) is 12.5. The molecule has 2 N–H and O–H groups in total. The summed E-state index contributed by atoms with van der Waals surface area (Å²) in [5.41, 5.74) is 1.80. The smallest absolute Gasteiger partial charge is 0.251 e. The zero-order valence-electron chi connectivity index (χ0n) is 15.2. The minimum absolute atomic E-state index is 0.0150. The SMILES string of the molecule is O=C(NCCC1=CCCCC1)c1cccc(S(=O)(=O)NC2CCCC2)c1. The van der Waals surface area contributed by atoms with E-state index in [1.807, 2.05) is 0 Å². The highest BCUT2D eigenvalue weighted by Crippen LogP contribution is 2.21. The first-order valence-corrected chi connectivity index (χ1v) is 11.1. The lowest BCUT2D eigenvalue weighted by molar-refractivity contribution is 0.0954. The molecule has 26 heavy (non-hydrogen) atoms. The van der Waals surface area contributed by atoms with Gasteiger partial charge in [0.15, 0.2) is 0 Å². The molecule has 0 aromatic heterocycles. The summed E-state index contributed by atoms with van der Waals surface area (Å²) in [5, 5.41) is 2.90. The molecule has 5 nitrogen and oxygen atoms in total. The lowest BCUT2D eigenvalue weighted by atomic mass is 9.97. The largest absolute Gasteiger partial charge is 0.352 e. The molecule has 1 saturated carbocycles. The lowest BCUT2D eigenvalue weighted by Gasteiger charge is -2.14. The Labute approximate surface area is 156 Å². The van der Waals surface area contributed by atoms with Gasteiger partial charge in [-0.15, -0.1) is 0 Å². The minimum atomic E-state index is -3.58. The number of carbonyl (C=O) groups is 1. The van der Waals surface area contributed by atoms with Gasteiger partial charge >= 0.3 is 0 Å². The third-order valence-electron chi connectivity index (χ3n) is 5.20. The summed E-state index contributed by atoms with van der Waals surface area (Å²) < 4.78 is 27.8. The third-order valence-corrected chi connectivity index (χ3v) is 6.72. The summed E-state index contributed by atoms with van der Waals surface area (Å²) in [4.78, 5) is 12.5. The van der Waals surface area contributed by atoms with Gasteiger partial charge in [0.2, 0.25) is 10.0 Å². The van der Waals surface area contributed by atoms with Crippen LogP contribution in [0.25, 0.3) is 0 Å². The van der Waals surface area contributed by atoms with Crippen LogP contribution in [0.2, 0.25) is 0 Å². The standard InChI is InChI=1S/C20H28N2O3S/c23-20(21-14-13-16-7-2-1-3-8-16)17-9-6-12-19(15-17)26(24,25)22-18-10-4-5-11-18/h6-7,9,12,15,18,22H,1-5,8,10-11,13-14H2,(H,21,23).